The highest BCUT2D eigenvalue weighted by Crippen LogP contribution is 2.44. The van der Waals surface area contributed by atoms with Crippen LogP contribution in [0.5, 0.6) is 0 Å². The highest BCUT2D eigenvalue weighted by Gasteiger charge is 2.36. The Bertz CT molecular complexity index is 962. The molecule has 2 aromatic heterocycles. The zero-order valence-electron chi connectivity index (χ0n) is 22.1. The van der Waals surface area contributed by atoms with E-state index in [4.69, 9.17) is 9.52 Å². The van der Waals surface area contributed by atoms with Gasteiger partial charge in [-0.15, -0.1) is 0 Å². The Morgan fingerprint density at radius 1 is 1.14 bits per heavy atom. The average molecular weight is 514 g/mol. The summed E-state index contributed by atoms with van der Waals surface area (Å²) >= 11 is 0. The monoisotopic (exact) mass is 513 g/mol. The van der Waals surface area contributed by atoms with Crippen molar-refractivity contribution < 1.29 is 24.5 Å². The van der Waals surface area contributed by atoms with Crippen LogP contribution in [0, 0.1) is 12.3 Å². The third kappa shape index (κ3) is 7.41. The summed E-state index contributed by atoms with van der Waals surface area (Å²) in [5.41, 5.74) is 1.19. The molecule has 0 radical (unpaired) electrons. The molecule has 0 bridgehead atoms. The van der Waals surface area contributed by atoms with Gasteiger partial charge < -0.3 is 24.6 Å². The van der Waals surface area contributed by atoms with Gasteiger partial charge in [-0.05, 0) is 81.2 Å². The van der Waals surface area contributed by atoms with Gasteiger partial charge in [0.15, 0.2) is 11.5 Å². The summed E-state index contributed by atoms with van der Waals surface area (Å²) < 4.78 is 5.43. The lowest BCUT2D eigenvalue weighted by Crippen LogP contribution is -2.48. The molecule has 8 heteroatoms. The molecule has 2 aliphatic rings. The predicted octanol–water partition coefficient (Wildman–Crippen LogP) is 4.28. The zero-order chi connectivity index (χ0) is 26.3. The van der Waals surface area contributed by atoms with Crippen LogP contribution in [0.2, 0.25) is 0 Å². The third-order valence-corrected chi connectivity index (χ3v) is 8.46. The molecule has 1 aliphatic heterocycles. The standard InChI is InChI=1S/C29H43N3O5/c1-23-7-8-26(30-22-23)32(27(34)25-6-5-21-37-25)24-9-17-31(18-10-24)19-15-28(11-3-2-4-12-28)13-14-29(35,36)16-20-33/h5-8,21-22,24,33,35-36H,2-4,9-20H2,1H3. The highest BCUT2D eigenvalue weighted by molar-refractivity contribution is 6.04. The molecule has 1 amide bonds. The van der Waals surface area contributed by atoms with Crippen molar-refractivity contribution in [2.75, 3.05) is 31.1 Å². The van der Waals surface area contributed by atoms with E-state index in [0.29, 0.717) is 18.0 Å². The molecule has 2 fully saturated rings. The minimum atomic E-state index is -1.79. The number of hydrogen-bond acceptors (Lipinski definition) is 7. The molecule has 3 N–H and O–H groups in total. The van der Waals surface area contributed by atoms with Crippen molar-refractivity contribution in [1.29, 1.82) is 0 Å². The second-order valence-corrected chi connectivity index (χ2v) is 11.2. The van der Waals surface area contributed by atoms with Crippen LogP contribution < -0.4 is 4.90 Å². The van der Waals surface area contributed by atoms with Crippen LogP contribution in [0.1, 0.15) is 86.7 Å². The first-order valence-corrected chi connectivity index (χ1v) is 13.9. The molecule has 1 saturated heterocycles. The van der Waals surface area contributed by atoms with E-state index in [9.17, 15) is 15.0 Å². The van der Waals surface area contributed by atoms with E-state index in [-0.39, 0.29) is 30.4 Å². The lowest BCUT2D eigenvalue weighted by Gasteiger charge is -2.42. The smallest absolute Gasteiger partial charge is 0.295 e. The Hall–Kier alpha value is -2.26. The maximum atomic E-state index is 13.4. The maximum Gasteiger partial charge on any atom is 0.295 e. The molecular weight excluding hydrogens is 470 g/mol. The largest absolute Gasteiger partial charge is 0.459 e. The number of aryl methyl sites for hydroxylation is 1. The summed E-state index contributed by atoms with van der Waals surface area (Å²) in [4.78, 5) is 22.2. The fraction of sp³-hybridized carbons (Fsp3) is 0.655. The fourth-order valence-electron chi connectivity index (χ4n) is 6.07. The molecule has 0 atom stereocenters. The molecule has 8 nitrogen and oxygen atoms in total. The Labute approximate surface area is 220 Å². The van der Waals surface area contributed by atoms with Crippen molar-refractivity contribution in [2.24, 2.45) is 5.41 Å². The first kappa shape index (κ1) is 27.8. The van der Waals surface area contributed by atoms with Gasteiger partial charge in [-0.2, -0.15) is 0 Å². The van der Waals surface area contributed by atoms with Crippen molar-refractivity contribution in [2.45, 2.75) is 89.4 Å². The number of likely N-dealkylation sites (tertiary alicyclic amines) is 1. The molecule has 0 spiro atoms. The maximum absolute atomic E-state index is 13.4. The number of rotatable bonds is 11. The van der Waals surface area contributed by atoms with Crippen LogP contribution in [0.3, 0.4) is 0 Å². The Morgan fingerprint density at radius 3 is 2.51 bits per heavy atom. The number of aromatic nitrogens is 1. The second kappa shape index (κ2) is 12.5. The topological polar surface area (TPSA) is 110 Å². The number of amides is 1. The molecule has 0 unspecified atom stereocenters. The van der Waals surface area contributed by atoms with Gasteiger partial charge in [0.05, 0.1) is 6.26 Å². The number of aliphatic hydroxyl groups excluding tert-OH is 1. The van der Waals surface area contributed by atoms with Crippen molar-refractivity contribution >= 4 is 11.7 Å². The van der Waals surface area contributed by atoms with Crippen LogP contribution in [0.15, 0.2) is 41.1 Å². The number of furan rings is 1. The van der Waals surface area contributed by atoms with Crippen molar-refractivity contribution in [3.05, 3.63) is 48.0 Å². The average Bonchev–Trinajstić information content (AvgIpc) is 3.44. The van der Waals surface area contributed by atoms with Crippen LogP contribution in [0.25, 0.3) is 0 Å². The normalized spacial score (nSPS) is 19.1. The molecule has 3 heterocycles. The van der Waals surface area contributed by atoms with E-state index in [1.165, 1.54) is 25.5 Å². The summed E-state index contributed by atoms with van der Waals surface area (Å²) in [7, 11) is 0. The minimum Gasteiger partial charge on any atom is -0.459 e. The number of nitrogens with zero attached hydrogens (tertiary/aromatic N) is 3. The first-order valence-electron chi connectivity index (χ1n) is 13.9. The van der Waals surface area contributed by atoms with Gasteiger partial charge in [0.25, 0.3) is 5.91 Å². The third-order valence-electron chi connectivity index (χ3n) is 8.46. The van der Waals surface area contributed by atoms with Gasteiger partial charge in [0, 0.05) is 44.8 Å². The van der Waals surface area contributed by atoms with Crippen LogP contribution in [-0.2, 0) is 0 Å². The predicted molar refractivity (Wildman–Crippen MR) is 142 cm³/mol. The Balaban J connectivity index is 1.37. The van der Waals surface area contributed by atoms with Crippen molar-refractivity contribution in [1.82, 2.24) is 9.88 Å². The van der Waals surface area contributed by atoms with Crippen molar-refractivity contribution in [3.63, 3.8) is 0 Å². The van der Waals surface area contributed by atoms with E-state index in [1.54, 1.807) is 18.3 Å². The van der Waals surface area contributed by atoms with Gasteiger partial charge in [-0.1, -0.05) is 25.3 Å². The van der Waals surface area contributed by atoms with E-state index >= 15 is 0 Å². The number of carbonyl (C=O) groups is 1. The molecule has 1 aliphatic carbocycles. The number of aliphatic hydroxyl groups is 3. The van der Waals surface area contributed by atoms with Crippen LogP contribution >= 0.6 is 0 Å². The summed E-state index contributed by atoms with van der Waals surface area (Å²) in [5.74, 6) is -0.952. The number of carbonyl (C=O) groups excluding carboxylic acids is 1. The van der Waals surface area contributed by atoms with E-state index in [1.807, 2.05) is 24.0 Å². The molecular formula is C29H43N3O5. The Morgan fingerprint density at radius 2 is 1.89 bits per heavy atom. The molecule has 37 heavy (non-hydrogen) atoms. The summed E-state index contributed by atoms with van der Waals surface area (Å²) in [6.45, 7) is 4.56. The van der Waals surface area contributed by atoms with E-state index in [0.717, 1.165) is 63.7 Å². The lowest BCUT2D eigenvalue weighted by atomic mass is 9.68. The molecule has 4 rings (SSSR count). The zero-order valence-corrected chi connectivity index (χ0v) is 22.1. The van der Waals surface area contributed by atoms with E-state index < -0.39 is 5.79 Å². The fourth-order valence-corrected chi connectivity index (χ4v) is 6.07. The second-order valence-electron chi connectivity index (χ2n) is 11.2. The number of pyridine rings is 1. The van der Waals surface area contributed by atoms with Gasteiger partial charge in [0.2, 0.25) is 0 Å². The summed E-state index contributed by atoms with van der Waals surface area (Å²) in [6.07, 6.45) is 13.1. The molecule has 0 aromatic carbocycles. The van der Waals surface area contributed by atoms with Gasteiger partial charge >= 0.3 is 0 Å². The number of piperidine rings is 1. The van der Waals surface area contributed by atoms with Gasteiger partial charge in [-0.25, -0.2) is 4.98 Å². The molecule has 1 saturated carbocycles. The van der Waals surface area contributed by atoms with Crippen molar-refractivity contribution in [3.8, 4) is 0 Å². The summed E-state index contributed by atoms with van der Waals surface area (Å²) in [5, 5.41) is 29.6. The van der Waals surface area contributed by atoms with Gasteiger partial charge in [-0.3, -0.25) is 9.69 Å². The molecule has 204 valence electrons. The molecule has 2 aromatic rings. The number of hydrogen-bond donors (Lipinski definition) is 3. The minimum absolute atomic E-state index is 0.000338. The number of anilines is 1. The summed E-state index contributed by atoms with van der Waals surface area (Å²) in [6, 6.07) is 7.39. The first-order chi connectivity index (χ1) is 17.8. The SMILES string of the molecule is Cc1ccc(N(C(=O)c2ccco2)C2CCN(CCC3(CCC(O)(O)CCO)CCCCC3)CC2)nc1. The highest BCUT2D eigenvalue weighted by atomic mass is 16.5. The van der Waals surface area contributed by atoms with E-state index in [2.05, 4.69) is 9.88 Å². The van der Waals surface area contributed by atoms with Crippen LogP contribution in [0.4, 0.5) is 5.82 Å². The lowest BCUT2D eigenvalue weighted by molar-refractivity contribution is -0.181. The van der Waals surface area contributed by atoms with Gasteiger partial charge in [0.1, 0.15) is 5.82 Å². The van der Waals surface area contributed by atoms with Crippen LogP contribution in [-0.4, -0.2) is 69.2 Å². The quantitative estimate of drug-likeness (QED) is 0.385. The Kier molecular flexibility index (Phi) is 9.40.